The first kappa shape index (κ1) is 13.5. The number of amides is 2. The van der Waals surface area contributed by atoms with E-state index < -0.39 is 0 Å². The van der Waals surface area contributed by atoms with Crippen LogP contribution in [0.1, 0.15) is 51.4 Å². The van der Waals surface area contributed by atoms with Crippen LogP contribution in [0.3, 0.4) is 0 Å². The highest BCUT2D eigenvalue weighted by Crippen LogP contribution is 2.45. The molecule has 2 rings (SSSR count). The highest BCUT2D eigenvalue weighted by atomic mass is 32.1. The number of thiocarbonyl (C=S) groups is 1. The van der Waals surface area contributed by atoms with E-state index in [4.69, 9.17) is 18.0 Å². The van der Waals surface area contributed by atoms with Gasteiger partial charge < -0.3 is 5.73 Å². The highest BCUT2D eigenvalue weighted by molar-refractivity contribution is 7.80. The number of imide groups is 1. The summed E-state index contributed by atoms with van der Waals surface area (Å²) in [6.07, 6.45) is 6.78. The van der Waals surface area contributed by atoms with Gasteiger partial charge in [0.15, 0.2) is 0 Å². The van der Waals surface area contributed by atoms with Crippen LogP contribution in [0.5, 0.6) is 0 Å². The molecule has 0 aromatic rings. The molecule has 5 heteroatoms. The standard InChI is InChI=1S/C13H20N2O2S/c14-10(18)5-4-8-15-11(16)9-13(12(15)17)6-2-1-3-7-13/h1-9H2,(H2,14,18). The quantitative estimate of drug-likeness (QED) is 0.623. The number of carbonyl (C=O) groups is 2. The van der Waals surface area contributed by atoms with Crippen molar-refractivity contribution in [3.63, 3.8) is 0 Å². The maximum atomic E-state index is 12.4. The van der Waals surface area contributed by atoms with Gasteiger partial charge in [0, 0.05) is 13.0 Å². The highest BCUT2D eigenvalue weighted by Gasteiger charge is 2.51. The molecular formula is C13H20N2O2S. The summed E-state index contributed by atoms with van der Waals surface area (Å²) < 4.78 is 0. The van der Waals surface area contributed by atoms with E-state index in [0.29, 0.717) is 30.8 Å². The Morgan fingerprint density at radius 2 is 1.94 bits per heavy atom. The minimum Gasteiger partial charge on any atom is -0.393 e. The summed E-state index contributed by atoms with van der Waals surface area (Å²) in [5.41, 5.74) is 5.06. The average molecular weight is 268 g/mol. The van der Waals surface area contributed by atoms with E-state index >= 15 is 0 Å². The van der Waals surface area contributed by atoms with Crippen molar-refractivity contribution < 1.29 is 9.59 Å². The Kier molecular flexibility index (Phi) is 4.00. The Morgan fingerprint density at radius 1 is 1.28 bits per heavy atom. The van der Waals surface area contributed by atoms with Crippen LogP contribution in [-0.2, 0) is 9.59 Å². The number of carbonyl (C=O) groups excluding carboxylic acids is 2. The number of hydrogen-bond acceptors (Lipinski definition) is 3. The molecule has 100 valence electrons. The summed E-state index contributed by atoms with van der Waals surface area (Å²) >= 11 is 4.80. The van der Waals surface area contributed by atoms with Crippen LogP contribution in [0.2, 0.25) is 0 Å². The van der Waals surface area contributed by atoms with Crippen molar-refractivity contribution in [2.75, 3.05) is 6.54 Å². The van der Waals surface area contributed by atoms with Crippen molar-refractivity contribution in [3.8, 4) is 0 Å². The zero-order valence-corrected chi connectivity index (χ0v) is 11.4. The van der Waals surface area contributed by atoms with Crippen molar-refractivity contribution in [1.82, 2.24) is 4.90 Å². The molecule has 18 heavy (non-hydrogen) atoms. The molecule has 2 amide bonds. The summed E-state index contributed by atoms with van der Waals surface area (Å²) in [4.78, 5) is 26.3. The van der Waals surface area contributed by atoms with Crippen LogP contribution in [0.15, 0.2) is 0 Å². The lowest BCUT2D eigenvalue weighted by atomic mass is 9.73. The van der Waals surface area contributed by atoms with Crippen LogP contribution >= 0.6 is 12.2 Å². The van der Waals surface area contributed by atoms with Crippen LogP contribution in [0, 0.1) is 5.41 Å². The van der Waals surface area contributed by atoms with Crippen molar-refractivity contribution >= 4 is 29.0 Å². The van der Waals surface area contributed by atoms with Gasteiger partial charge in [0.05, 0.1) is 10.4 Å². The number of likely N-dealkylation sites (tertiary alicyclic amines) is 1. The summed E-state index contributed by atoms with van der Waals surface area (Å²) in [7, 11) is 0. The van der Waals surface area contributed by atoms with E-state index in [1.165, 1.54) is 11.3 Å². The second kappa shape index (κ2) is 5.34. The summed E-state index contributed by atoms with van der Waals surface area (Å²) in [5.74, 6) is 0.0416. The monoisotopic (exact) mass is 268 g/mol. The molecule has 1 spiro atoms. The Bertz CT molecular complexity index is 375. The van der Waals surface area contributed by atoms with Crippen molar-refractivity contribution in [2.24, 2.45) is 11.1 Å². The first-order valence-electron chi connectivity index (χ1n) is 6.68. The Labute approximate surface area is 113 Å². The predicted octanol–water partition coefficient (Wildman–Crippen LogP) is 1.76. The summed E-state index contributed by atoms with van der Waals surface area (Å²) in [5, 5.41) is 0. The second-order valence-corrected chi connectivity index (χ2v) is 5.96. The molecule has 0 atom stereocenters. The molecular weight excluding hydrogens is 248 g/mol. The minimum atomic E-state index is -0.363. The molecule has 1 aliphatic heterocycles. The van der Waals surface area contributed by atoms with Gasteiger partial charge in [-0.15, -0.1) is 0 Å². The first-order chi connectivity index (χ1) is 8.55. The summed E-state index contributed by atoms with van der Waals surface area (Å²) in [6.45, 7) is 0.469. The van der Waals surface area contributed by atoms with Gasteiger partial charge >= 0.3 is 0 Å². The molecule has 0 bridgehead atoms. The lowest BCUT2D eigenvalue weighted by molar-refractivity contribution is -0.142. The molecule has 1 saturated heterocycles. The van der Waals surface area contributed by atoms with E-state index in [9.17, 15) is 9.59 Å². The number of nitrogens with zero attached hydrogens (tertiary/aromatic N) is 1. The molecule has 1 saturated carbocycles. The van der Waals surface area contributed by atoms with Gasteiger partial charge in [0.25, 0.3) is 0 Å². The number of rotatable bonds is 4. The van der Waals surface area contributed by atoms with Gasteiger partial charge in [0.1, 0.15) is 0 Å². The molecule has 0 aromatic carbocycles. The zero-order chi connectivity index (χ0) is 13.2. The fraction of sp³-hybridized carbons (Fsp3) is 0.769. The number of hydrogen-bond donors (Lipinski definition) is 1. The molecule has 1 aliphatic carbocycles. The maximum Gasteiger partial charge on any atom is 0.235 e. The largest absolute Gasteiger partial charge is 0.393 e. The Morgan fingerprint density at radius 3 is 2.56 bits per heavy atom. The van der Waals surface area contributed by atoms with Crippen LogP contribution in [0.4, 0.5) is 0 Å². The molecule has 2 N–H and O–H groups in total. The van der Waals surface area contributed by atoms with E-state index in [-0.39, 0.29) is 17.2 Å². The molecule has 0 radical (unpaired) electrons. The van der Waals surface area contributed by atoms with E-state index in [2.05, 4.69) is 0 Å². The van der Waals surface area contributed by atoms with Gasteiger partial charge in [0.2, 0.25) is 11.8 Å². The third-order valence-corrected chi connectivity index (χ3v) is 4.31. The second-order valence-electron chi connectivity index (χ2n) is 5.44. The molecule has 2 fully saturated rings. The average Bonchev–Trinajstić information content (AvgIpc) is 2.54. The van der Waals surface area contributed by atoms with Crippen LogP contribution in [-0.4, -0.2) is 28.2 Å². The minimum absolute atomic E-state index is 0.00941. The topological polar surface area (TPSA) is 63.4 Å². The lowest BCUT2D eigenvalue weighted by Gasteiger charge is -2.30. The van der Waals surface area contributed by atoms with E-state index in [1.54, 1.807) is 0 Å². The van der Waals surface area contributed by atoms with Crippen molar-refractivity contribution in [1.29, 1.82) is 0 Å². The van der Waals surface area contributed by atoms with Gasteiger partial charge in [-0.1, -0.05) is 31.5 Å². The molecule has 1 heterocycles. The van der Waals surface area contributed by atoms with Crippen LogP contribution in [0.25, 0.3) is 0 Å². The van der Waals surface area contributed by atoms with Gasteiger partial charge in [-0.25, -0.2) is 0 Å². The molecule has 2 aliphatic rings. The van der Waals surface area contributed by atoms with Crippen molar-refractivity contribution in [2.45, 2.75) is 51.4 Å². The molecule has 0 unspecified atom stereocenters. The van der Waals surface area contributed by atoms with E-state index in [1.807, 2.05) is 0 Å². The Hall–Kier alpha value is -0.970. The third kappa shape index (κ3) is 2.55. The third-order valence-electron chi connectivity index (χ3n) is 4.11. The Balaban J connectivity index is 1.98. The van der Waals surface area contributed by atoms with Crippen molar-refractivity contribution in [3.05, 3.63) is 0 Å². The maximum absolute atomic E-state index is 12.4. The SMILES string of the molecule is NC(=S)CCCN1C(=O)CC2(CCCCC2)C1=O. The van der Waals surface area contributed by atoms with Gasteiger partial charge in [-0.2, -0.15) is 0 Å². The van der Waals surface area contributed by atoms with Crippen LogP contribution < -0.4 is 5.73 Å². The fourth-order valence-electron chi connectivity index (χ4n) is 3.12. The molecule has 4 nitrogen and oxygen atoms in total. The molecule has 0 aromatic heterocycles. The normalized spacial score (nSPS) is 22.8. The van der Waals surface area contributed by atoms with E-state index in [0.717, 1.165) is 25.7 Å². The predicted molar refractivity (Wildman–Crippen MR) is 72.9 cm³/mol. The smallest absolute Gasteiger partial charge is 0.235 e. The summed E-state index contributed by atoms with van der Waals surface area (Å²) in [6, 6.07) is 0. The fourth-order valence-corrected chi connectivity index (χ4v) is 3.26. The van der Waals surface area contributed by atoms with Gasteiger partial charge in [-0.3, -0.25) is 14.5 Å². The zero-order valence-electron chi connectivity index (χ0n) is 10.6. The number of nitrogens with two attached hydrogens (primary N) is 1. The lowest BCUT2D eigenvalue weighted by Crippen LogP contribution is -2.37. The first-order valence-corrected chi connectivity index (χ1v) is 7.09. The van der Waals surface area contributed by atoms with Gasteiger partial charge in [-0.05, 0) is 25.7 Å².